The quantitative estimate of drug-likeness (QED) is 0.682. The fourth-order valence-electron chi connectivity index (χ4n) is 0.699. The van der Waals surface area contributed by atoms with Gasteiger partial charge in [0.2, 0.25) is 0 Å². The van der Waals surface area contributed by atoms with Crippen molar-refractivity contribution in [2.24, 2.45) is 0 Å². The fourth-order valence-corrected chi connectivity index (χ4v) is 0.946. The largest absolute Gasteiger partial charge is 0.398 e. The van der Waals surface area contributed by atoms with Gasteiger partial charge in [-0.2, -0.15) is 0 Å². The lowest BCUT2D eigenvalue weighted by molar-refractivity contribution is 1.50. The third-order valence-electron chi connectivity index (χ3n) is 1.28. The molecule has 0 aliphatic rings. The minimum atomic E-state index is 0.756. The summed E-state index contributed by atoms with van der Waals surface area (Å²) in [6.07, 6.45) is 0. The second kappa shape index (κ2) is 2.92. The van der Waals surface area contributed by atoms with Crippen molar-refractivity contribution in [1.82, 2.24) is 0 Å². The monoisotopic (exact) mass is 200 g/mol. The number of halogens is 1. The van der Waals surface area contributed by atoms with Gasteiger partial charge < -0.3 is 11.1 Å². The van der Waals surface area contributed by atoms with Crippen LogP contribution >= 0.6 is 15.9 Å². The molecule has 0 bridgehead atoms. The standard InChI is InChI=1S/C7H9BrN2/c1-10-5-2-3-6(8)7(9)4-5/h2-4,10H,9H2,1H3. The van der Waals surface area contributed by atoms with Crippen molar-refractivity contribution < 1.29 is 0 Å². The number of benzene rings is 1. The van der Waals surface area contributed by atoms with Crippen molar-refractivity contribution in [1.29, 1.82) is 0 Å². The minimum Gasteiger partial charge on any atom is -0.398 e. The van der Waals surface area contributed by atoms with Crippen molar-refractivity contribution in [2.45, 2.75) is 0 Å². The first-order valence-electron chi connectivity index (χ1n) is 2.97. The SMILES string of the molecule is CNc1ccc(Br)c(N)c1. The van der Waals surface area contributed by atoms with Crippen LogP contribution in [0.4, 0.5) is 11.4 Å². The molecule has 0 atom stereocenters. The number of nitrogens with one attached hydrogen (secondary N) is 1. The Bertz CT molecular complexity index is 235. The van der Waals surface area contributed by atoms with E-state index < -0.39 is 0 Å². The molecule has 0 aromatic heterocycles. The number of hydrogen-bond donors (Lipinski definition) is 2. The molecule has 1 aromatic carbocycles. The topological polar surface area (TPSA) is 38.0 Å². The smallest absolute Gasteiger partial charge is 0.0479 e. The van der Waals surface area contributed by atoms with Crippen molar-refractivity contribution in [2.75, 3.05) is 18.1 Å². The van der Waals surface area contributed by atoms with Crippen LogP contribution in [0.15, 0.2) is 22.7 Å². The van der Waals surface area contributed by atoms with Crippen molar-refractivity contribution in [3.05, 3.63) is 22.7 Å². The van der Waals surface area contributed by atoms with E-state index in [-0.39, 0.29) is 0 Å². The zero-order chi connectivity index (χ0) is 7.56. The average Bonchev–Trinajstić information content (AvgIpc) is 1.95. The molecule has 1 rings (SSSR count). The van der Waals surface area contributed by atoms with Gasteiger partial charge in [-0.1, -0.05) is 0 Å². The van der Waals surface area contributed by atoms with E-state index in [1.54, 1.807) is 0 Å². The summed E-state index contributed by atoms with van der Waals surface area (Å²) in [6.45, 7) is 0. The number of nitrogen functional groups attached to an aromatic ring is 1. The van der Waals surface area contributed by atoms with Crippen LogP contribution in [0.1, 0.15) is 0 Å². The van der Waals surface area contributed by atoms with Crippen LogP contribution in [0.2, 0.25) is 0 Å². The van der Waals surface area contributed by atoms with E-state index in [9.17, 15) is 0 Å². The molecule has 0 unspecified atom stereocenters. The molecule has 0 amide bonds. The fraction of sp³-hybridized carbons (Fsp3) is 0.143. The van der Waals surface area contributed by atoms with Crippen molar-refractivity contribution >= 4 is 27.3 Å². The summed E-state index contributed by atoms with van der Waals surface area (Å²) < 4.78 is 0.937. The maximum atomic E-state index is 5.61. The first-order chi connectivity index (χ1) is 4.74. The molecular weight excluding hydrogens is 192 g/mol. The Morgan fingerprint density at radius 1 is 1.50 bits per heavy atom. The minimum absolute atomic E-state index is 0.756. The summed E-state index contributed by atoms with van der Waals surface area (Å²) in [6, 6.07) is 5.76. The predicted molar refractivity (Wildman–Crippen MR) is 48.1 cm³/mol. The van der Waals surface area contributed by atoms with Crippen LogP contribution in [-0.2, 0) is 0 Å². The Morgan fingerprint density at radius 2 is 2.20 bits per heavy atom. The normalized spacial score (nSPS) is 9.40. The molecule has 0 spiro atoms. The molecule has 0 saturated carbocycles. The van der Waals surface area contributed by atoms with E-state index in [2.05, 4.69) is 21.2 Å². The van der Waals surface area contributed by atoms with Gasteiger partial charge in [0, 0.05) is 22.9 Å². The van der Waals surface area contributed by atoms with E-state index >= 15 is 0 Å². The molecule has 1 aromatic rings. The van der Waals surface area contributed by atoms with Gasteiger partial charge in [0.05, 0.1) is 0 Å². The highest BCUT2D eigenvalue weighted by Crippen LogP contribution is 2.22. The molecule has 2 nitrogen and oxygen atoms in total. The lowest BCUT2D eigenvalue weighted by Crippen LogP contribution is -1.91. The number of anilines is 2. The molecule has 0 fully saturated rings. The van der Waals surface area contributed by atoms with Crippen LogP contribution in [0.25, 0.3) is 0 Å². The summed E-state index contributed by atoms with van der Waals surface area (Å²) in [4.78, 5) is 0. The molecule has 3 N–H and O–H groups in total. The highest BCUT2D eigenvalue weighted by Gasteiger charge is 1.93. The van der Waals surface area contributed by atoms with Gasteiger partial charge in [0.15, 0.2) is 0 Å². The number of rotatable bonds is 1. The average molecular weight is 201 g/mol. The van der Waals surface area contributed by atoms with Crippen LogP contribution in [0.5, 0.6) is 0 Å². The summed E-state index contributed by atoms with van der Waals surface area (Å²) in [5.74, 6) is 0. The maximum absolute atomic E-state index is 5.61. The zero-order valence-corrected chi connectivity index (χ0v) is 7.27. The predicted octanol–water partition coefficient (Wildman–Crippen LogP) is 2.07. The summed E-state index contributed by atoms with van der Waals surface area (Å²) >= 11 is 3.31. The molecule has 54 valence electrons. The van der Waals surface area contributed by atoms with E-state index in [4.69, 9.17) is 5.73 Å². The first kappa shape index (κ1) is 7.41. The Labute approximate surface area is 68.6 Å². The second-order valence-electron chi connectivity index (χ2n) is 1.99. The van der Waals surface area contributed by atoms with Crippen LogP contribution in [-0.4, -0.2) is 7.05 Å². The lowest BCUT2D eigenvalue weighted by atomic mass is 10.3. The van der Waals surface area contributed by atoms with E-state index in [0.29, 0.717) is 0 Å². The lowest BCUT2D eigenvalue weighted by Gasteiger charge is -2.01. The van der Waals surface area contributed by atoms with Gasteiger partial charge in [-0.05, 0) is 34.1 Å². The molecule has 0 saturated heterocycles. The summed E-state index contributed by atoms with van der Waals surface area (Å²) in [7, 11) is 1.86. The highest BCUT2D eigenvalue weighted by atomic mass is 79.9. The van der Waals surface area contributed by atoms with Gasteiger partial charge in [0.1, 0.15) is 0 Å². The Kier molecular flexibility index (Phi) is 2.17. The molecule has 0 heterocycles. The van der Waals surface area contributed by atoms with Gasteiger partial charge in [-0.3, -0.25) is 0 Å². The van der Waals surface area contributed by atoms with E-state index in [1.807, 2.05) is 25.2 Å². The molecule has 3 heteroatoms. The van der Waals surface area contributed by atoms with Gasteiger partial charge in [-0.25, -0.2) is 0 Å². The number of nitrogens with two attached hydrogens (primary N) is 1. The third kappa shape index (κ3) is 1.42. The molecule has 0 radical (unpaired) electrons. The Hall–Kier alpha value is -0.700. The highest BCUT2D eigenvalue weighted by molar-refractivity contribution is 9.10. The van der Waals surface area contributed by atoms with Crippen molar-refractivity contribution in [3.8, 4) is 0 Å². The Balaban J connectivity index is 3.04. The van der Waals surface area contributed by atoms with E-state index in [1.165, 1.54) is 0 Å². The molecule has 0 aliphatic heterocycles. The number of hydrogen-bond acceptors (Lipinski definition) is 2. The molecule has 10 heavy (non-hydrogen) atoms. The van der Waals surface area contributed by atoms with Crippen LogP contribution < -0.4 is 11.1 Å². The van der Waals surface area contributed by atoms with Crippen LogP contribution in [0, 0.1) is 0 Å². The van der Waals surface area contributed by atoms with Gasteiger partial charge in [0.25, 0.3) is 0 Å². The second-order valence-corrected chi connectivity index (χ2v) is 2.84. The first-order valence-corrected chi connectivity index (χ1v) is 3.76. The van der Waals surface area contributed by atoms with E-state index in [0.717, 1.165) is 15.8 Å². The van der Waals surface area contributed by atoms with Gasteiger partial charge in [-0.15, -0.1) is 0 Å². The van der Waals surface area contributed by atoms with Crippen LogP contribution in [0.3, 0.4) is 0 Å². The zero-order valence-electron chi connectivity index (χ0n) is 5.69. The molecular formula is C7H9BrN2. The van der Waals surface area contributed by atoms with Gasteiger partial charge >= 0.3 is 0 Å². The molecule has 0 aliphatic carbocycles. The third-order valence-corrected chi connectivity index (χ3v) is 2.01. The van der Waals surface area contributed by atoms with Crippen molar-refractivity contribution in [3.63, 3.8) is 0 Å². The summed E-state index contributed by atoms with van der Waals surface area (Å²) in [5.41, 5.74) is 7.39. The Morgan fingerprint density at radius 3 is 2.70 bits per heavy atom. The summed E-state index contributed by atoms with van der Waals surface area (Å²) in [5, 5.41) is 2.99. The maximum Gasteiger partial charge on any atom is 0.0479 e.